The minimum atomic E-state index is -2.19. The molecule has 8 heteroatoms. The van der Waals surface area contributed by atoms with E-state index in [9.17, 15) is 9.59 Å². The lowest BCUT2D eigenvalue weighted by Gasteiger charge is -2.21. The zero-order valence-corrected chi connectivity index (χ0v) is 20.7. The largest absolute Gasteiger partial charge is 0.493 e. The molecule has 174 valence electrons. The van der Waals surface area contributed by atoms with Crippen molar-refractivity contribution in [3.8, 4) is 34.1 Å². The molecular weight excluding hydrogens is 426 g/mol. The van der Waals surface area contributed by atoms with Crippen molar-refractivity contribution < 1.29 is 23.7 Å². The molecule has 2 aromatic rings. The van der Waals surface area contributed by atoms with Crippen molar-refractivity contribution in [3.05, 3.63) is 45.6 Å². The first kappa shape index (κ1) is 24.1. The van der Waals surface area contributed by atoms with Gasteiger partial charge in [0.15, 0.2) is 25.6 Å². The summed E-state index contributed by atoms with van der Waals surface area (Å²) in [5.74, 6) is 2.04. The van der Waals surface area contributed by atoms with Crippen molar-refractivity contribution in [3.63, 3.8) is 0 Å². The molecule has 0 aliphatic heterocycles. The summed E-state index contributed by atoms with van der Waals surface area (Å²) in [5.41, 5.74) is 3.57. The second-order valence-corrected chi connectivity index (χ2v) is 12.7. The first-order valence-corrected chi connectivity index (χ1v) is 13.9. The van der Waals surface area contributed by atoms with E-state index in [1.165, 1.54) is 7.11 Å². The van der Waals surface area contributed by atoms with E-state index in [-0.39, 0.29) is 17.2 Å². The van der Waals surface area contributed by atoms with Gasteiger partial charge in [-0.25, -0.2) is 0 Å². The molecule has 3 rings (SSSR count). The molecule has 7 nitrogen and oxygen atoms in total. The third-order valence-corrected chi connectivity index (χ3v) is 7.34. The summed E-state index contributed by atoms with van der Waals surface area (Å²) < 4.78 is 22.3. The molecule has 0 aromatic heterocycles. The number of fused-ring (bicyclic) bond motifs is 3. The average Bonchev–Trinajstić information content (AvgIpc) is 3.00. The molecule has 2 N–H and O–H groups in total. The maximum absolute atomic E-state index is 12.8. The predicted molar refractivity (Wildman–Crippen MR) is 128 cm³/mol. The van der Waals surface area contributed by atoms with Crippen LogP contribution in [0.15, 0.2) is 29.1 Å². The van der Waals surface area contributed by atoms with Gasteiger partial charge in [0.05, 0.1) is 28.4 Å². The Kier molecular flexibility index (Phi) is 7.48. The van der Waals surface area contributed by atoms with Crippen LogP contribution in [0.4, 0.5) is 0 Å². The van der Waals surface area contributed by atoms with Gasteiger partial charge in [-0.3, -0.25) is 4.79 Å². The van der Waals surface area contributed by atoms with Gasteiger partial charge >= 0.3 is 0 Å². The van der Waals surface area contributed by atoms with Crippen LogP contribution in [0.1, 0.15) is 23.6 Å². The van der Waals surface area contributed by atoms with Gasteiger partial charge in [0, 0.05) is 11.6 Å². The molecule has 0 amide bonds. The number of rotatable bonds is 8. The molecule has 0 radical (unpaired) electrons. The van der Waals surface area contributed by atoms with Crippen molar-refractivity contribution in [2.45, 2.75) is 38.0 Å². The fourth-order valence-electron chi connectivity index (χ4n) is 4.24. The van der Waals surface area contributed by atoms with Gasteiger partial charge in [0.1, 0.15) is 0 Å². The number of nitrogens with one attached hydrogen (secondary N) is 1. The van der Waals surface area contributed by atoms with E-state index in [2.05, 4.69) is 5.32 Å². The Labute approximate surface area is 190 Å². The van der Waals surface area contributed by atoms with Gasteiger partial charge in [-0.1, -0.05) is 6.07 Å². The molecule has 0 bridgehead atoms. The highest BCUT2D eigenvalue weighted by Gasteiger charge is 2.29. The molecule has 32 heavy (non-hydrogen) atoms. The quantitative estimate of drug-likeness (QED) is 0.584. The zero-order valence-electron chi connectivity index (χ0n) is 19.7. The molecule has 0 unspecified atom stereocenters. The van der Waals surface area contributed by atoms with Gasteiger partial charge in [-0.2, -0.15) is 0 Å². The van der Waals surface area contributed by atoms with Gasteiger partial charge in [0.2, 0.25) is 11.2 Å². The highest BCUT2D eigenvalue weighted by molar-refractivity contribution is 6.69. The average molecular weight is 460 g/mol. The summed E-state index contributed by atoms with van der Waals surface area (Å²) in [7, 11) is 4.12. The van der Waals surface area contributed by atoms with Crippen LogP contribution >= 0.6 is 0 Å². The molecule has 1 aliphatic carbocycles. The molecule has 1 aliphatic rings. The Morgan fingerprint density at radius 2 is 1.66 bits per heavy atom. The maximum atomic E-state index is 12.8. The molecule has 0 heterocycles. The normalized spacial score (nSPS) is 15.3. The van der Waals surface area contributed by atoms with Crippen molar-refractivity contribution in [2.24, 2.45) is 0 Å². The van der Waals surface area contributed by atoms with E-state index >= 15 is 0 Å². The van der Waals surface area contributed by atoms with Crippen LogP contribution < -0.4 is 29.7 Å². The van der Waals surface area contributed by atoms with Crippen LogP contribution in [0.3, 0.4) is 0 Å². The molecule has 1 atom stereocenters. The molecule has 0 fully saturated rings. The Morgan fingerprint density at radius 1 is 0.969 bits per heavy atom. The standard InChI is InChI=1S/C24H33NO6Si/c1-28-21-10-8-15-17-14-22(29-2)24(31-4)23(30-3)16(17)7-9-19(18(15)13-20(21)26)25-11-12-32(5,6)27/h8,10,13-14,19,25,27H,7,9,11-12H2,1-6H3/t19-/m0/s1. The lowest BCUT2D eigenvalue weighted by molar-refractivity contribution is 0.322. The third kappa shape index (κ3) is 4.92. The summed E-state index contributed by atoms with van der Waals surface area (Å²) in [6.45, 7) is 4.52. The molecule has 0 spiro atoms. The van der Waals surface area contributed by atoms with Crippen LogP contribution in [0.25, 0.3) is 11.1 Å². The number of benzene rings is 1. The molecule has 0 saturated heterocycles. The number of hydrogen-bond donors (Lipinski definition) is 2. The smallest absolute Gasteiger partial charge is 0.220 e. The second kappa shape index (κ2) is 9.93. The van der Waals surface area contributed by atoms with E-state index in [0.29, 0.717) is 23.8 Å². The van der Waals surface area contributed by atoms with Crippen LogP contribution in [-0.2, 0) is 6.42 Å². The Bertz CT molecular complexity index is 1030. The minimum Gasteiger partial charge on any atom is -0.493 e. The highest BCUT2D eigenvalue weighted by Crippen LogP contribution is 2.48. The Morgan fingerprint density at radius 3 is 2.25 bits per heavy atom. The molecular formula is C24H33NO6Si. The van der Waals surface area contributed by atoms with Gasteiger partial charge in [0.25, 0.3) is 0 Å². The summed E-state index contributed by atoms with van der Waals surface area (Å²) in [4.78, 5) is 23.1. The SMILES string of the molecule is COc1cc2c(c(OC)c1OC)CC[C@H](NCC[Si](C)(C)O)c1cc(=O)c(OC)ccc1-2. The van der Waals surface area contributed by atoms with Crippen LogP contribution in [0.5, 0.6) is 23.0 Å². The summed E-state index contributed by atoms with van der Waals surface area (Å²) in [6, 6.07) is 7.89. The fourth-order valence-corrected chi connectivity index (χ4v) is 5.00. The van der Waals surface area contributed by atoms with Crippen molar-refractivity contribution in [1.82, 2.24) is 5.32 Å². The monoisotopic (exact) mass is 459 g/mol. The summed E-state index contributed by atoms with van der Waals surface area (Å²) >= 11 is 0. The Hall–Kier alpha value is -2.55. The number of hydrogen-bond acceptors (Lipinski definition) is 7. The van der Waals surface area contributed by atoms with Gasteiger partial charge in [-0.05, 0) is 73.4 Å². The minimum absolute atomic E-state index is 0.0692. The molecule has 0 saturated carbocycles. The lowest BCUT2D eigenvalue weighted by Crippen LogP contribution is -2.32. The Balaban J connectivity index is 2.23. The van der Waals surface area contributed by atoms with Crippen molar-refractivity contribution in [1.29, 1.82) is 0 Å². The van der Waals surface area contributed by atoms with E-state index in [1.54, 1.807) is 33.5 Å². The maximum Gasteiger partial charge on any atom is 0.220 e. The fraction of sp³-hybridized carbons (Fsp3) is 0.458. The topological polar surface area (TPSA) is 86.3 Å². The van der Waals surface area contributed by atoms with Crippen LogP contribution in [-0.4, -0.2) is 48.1 Å². The summed E-state index contributed by atoms with van der Waals surface area (Å²) in [5, 5.41) is 3.57. The van der Waals surface area contributed by atoms with E-state index in [1.807, 2.05) is 25.2 Å². The van der Waals surface area contributed by atoms with Gasteiger partial charge in [-0.15, -0.1) is 0 Å². The van der Waals surface area contributed by atoms with E-state index in [4.69, 9.17) is 18.9 Å². The first-order valence-electron chi connectivity index (χ1n) is 10.7. The van der Waals surface area contributed by atoms with Gasteiger partial charge < -0.3 is 29.1 Å². The summed E-state index contributed by atoms with van der Waals surface area (Å²) in [6.07, 6.45) is 1.48. The number of ether oxygens (including phenoxy) is 4. The van der Waals surface area contributed by atoms with E-state index in [0.717, 1.165) is 41.1 Å². The molecule has 2 aromatic carbocycles. The van der Waals surface area contributed by atoms with E-state index < -0.39 is 8.32 Å². The van der Waals surface area contributed by atoms with Crippen molar-refractivity contribution in [2.75, 3.05) is 35.0 Å². The zero-order chi connectivity index (χ0) is 23.5. The lowest BCUT2D eigenvalue weighted by atomic mass is 9.96. The van der Waals surface area contributed by atoms with Crippen molar-refractivity contribution >= 4 is 8.32 Å². The number of methoxy groups -OCH3 is 4. The predicted octanol–water partition coefficient (Wildman–Crippen LogP) is 3.52. The highest BCUT2D eigenvalue weighted by atomic mass is 28.4. The first-order chi connectivity index (χ1) is 15.2. The van der Waals surface area contributed by atoms with Crippen LogP contribution in [0, 0.1) is 0 Å². The second-order valence-electron chi connectivity index (χ2n) is 8.56. The third-order valence-electron chi connectivity index (χ3n) is 5.87. The van der Waals surface area contributed by atoms with Crippen LogP contribution in [0.2, 0.25) is 19.1 Å².